The molecular weight excluding hydrogens is 747 g/mol. The first-order chi connectivity index (χ1) is 21.9. The van der Waals surface area contributed by atoms with E-state index in [-0.39, 0.29) is 20.1 Å². The molecule has 0 atom stereocenters. The molecule has 0 unspecified atom stereocenters. The zero-order valence-electron chi connectivity index (χ0n) is 28.7. The first-order valence-electron chi connectivity index (χ1n) is 16.6. The number of furan rings is 1. The molecule has 6 aromatic rings. The van der Waals surface area contributed by atoms with Gasteiger partial charge in [0.05, 0.1) is 13.7 Å². The summed E-state index contributed by atoms with van der Waals surface area (Å²) in [6.07, 6.45) is 10.8. The van der Waals surface area contributed by atoms with E-state index >= 15 is 0 Å². The van der Waals surface area contributed by atoms with Crippen molar-refractivity contribution >= 4 is 35.3 Å². The number of pyridine rings is 3. The van der Waals surface area contributed by atoms with Crippen molar-refractivity contribution in [2.24, 2.45) is 0 Å². The number of nitrogens with zero attached hydrogens (tertiary/aromatic N) is 3. The Bertz CT molecular complexity index is 1980. The zero-order valence-corrected chi connectivity index (χ0v) is 30.1. The second-order valence-corrected chi connectivity index (χ2v) is 17.8. The summed E-state index contributed by atoms with van der Waals surface area (Å²) < 4.78 is 23.4. The molecule has 0 bridgehead atoms. The van der Waals surface area contributed by atoms with Gasteiger partial charge in [0.15, 0.2) is 0 Å². The van der Waals surface area contributed by atoms with Crippen molar-refractivity contribution < 1.29 is 27.3 Å². The van der Waals surface area contributed by atoms with Gasteiger partial charge < -0.3 is 14.4 Å². The van der Waals surface area contributed by atoms with Gasteiger partial charge in [0, 0.05) is 46.8 Å². The Labute approximate surface area is 284 Å². The maximum Gasteiger partial charge on any atom is 0.216 e. The predicted molar refractivity (Wildman–Crippen MR) is 185 cm³/mol. The Morgan fingerprint density at radius 2 is 1.69 bits per heavy atom. The summed E-state index contributed by atoms with van der Waals surface area (Å²) in [5.41, 5.74) is 7.06. The average Bonchev–Trinajstić information content (AvgIpc) is 3.44. The van der Waals surface area contributed by atoms with E-state index < -0.39 is 19.9 Å². The average molecular weight is 790 g/mol. The molecule has 1 aliphatic rings. The van der Waals surface area contributed by atoms with Crippen LogP contribution in [-0.2, 0) is 20.1 Å². The Hall–Kier alpha value is -3.44. The van der Waals surface area contributed by atoms with Crippen LogP contribution in [0.25, 0.3) is 44.6 Å². The second-order valence-electron chi connectivity index (χ2n) is 12.8. The molecule has 4 nitrogen and oxygen atoms in total. The van der Waals surface area contributed by atoms with Crippen molar-refractivity contribution in [2.45, 2.75) is 77.4 Å². The summed E-state index contributed by atoms with van der Waals surface area (Å²) in [5.74, 6) is -1.11. The third kappa shape index (κ3) is 7.35. The number of aromatic nitrogens is 3. The second kappa shape index (κ2) is 14.3. The standard InChI is InChI=1S/C22H19N2O.C17H22NSi.Ir/c1-2-6-15(7-3-1)16-11-13-23-20(14-16)19-9-4-8-17-18-10-5-12-24-22(18)25-21(17)19;1-13(2)15-11-16(14-9-7-6-8-10-14)18-12-17(15)19(3,4)5;/h4-5,8,10-15H,1-3,6-7H2;6-9,11-13H,1-5H3;/q2*-1;/i15D;13D;. The summed E-state index contributed by atoms with van der Waals surface area (Å²) >= 11 is 0. The molecule has 4 aromatic heterocycles. The maximum absolute atomic E-state index is 8.90. The van der Waals surface area contributed by atoms with E-state index in [9.17, 15) is 0 Å². The maximum atomic E-state index is 8.90. The first kappa shape index (κ1) is 30.2. The topological polar surface area (TPSA) is 51.8 Å². The van der Waals surface area contributed by atoms with Crippen molar-refractivity contribution in [1.82, 2.24) is 15.0 Å². The van der Waals surface area contributed by atoms with E-state index in [1.165, 1.54) is 11.6 Å². The third-order valence-electron chi connectivity index (χ3n) is 8.33. The first-order valence-corrected chi connectivity index (χ1v) is 19.1. The minimum Gasteiger partial charge on any atom is -0.486 e. The third-order valence-corrected chi connectivity index (χ3v) is 10.3. The van der Waals surface area contributed by atoms with Gasteiger partial charge in [0.1, 0.15) is 0 Å². The normalized spacial score (nSPS) is 15.4. The molecule has 0 amide bonds. The Morgan fingerprint density at radius 1 is 0.867 bits per heavy atom. The minimum atomic E-state index is -1.50. The Balaban J connectivity index is 0.000000188. The van der Waals surface area contributed by atoms with Crippen molar-refractivity contribution in [3.63, 3.8) is 0 Å². The smallest absolute Gasteiger partial charge is 0.216 e. The van der Waals surface area contributed by atoms with Crippen molar-refractivity contribution in [1.29, 1.82) is 0 Å². The molecule has 0 N–H and O–H groups in total. The van der Waals surface area contributed by atoms with Crippen LogP contribution in [0.1, 0.15) is 71.6 Å². The van der Waals surface area contributed by atoms with Crippen molar-refractivity contribution in [3.8, 4) is 22.5 Å². The van der Waals surface area contributed by atoms with Crippen LogP contribution in [0, 0.1) is 12.1 Å². The molecular formula is C39H41IrN3OSi-2. The van der Waals surface area contributed by atoms with Gasteiger partial charge >= 0.3 is 0 Å². The fraction of sp³-hybridized carbons (Fsp3) is 0.308. The molecule has 1 saturated carbocycles. The van der Waals surface area contributed by atoms with Crippen molar-refractivity contribution in [2.75, 3.05) is 0 Å². The van der Waals surface area contributed by atoms with E-state index in [0.717, 1.165) is 75.7 Å². The number of fused-ring (bicyclic) bond motifs is 3. The van der Waals surface area contributed by atoms with E-state index in [1.54, 1.807) is 6.20 Å². The van der Waals surface area contributed by atoms with Gasteiger partial charge in [-0.2, -0.15) is 0 Å². The van der Waals surface area contributed by atoms with Crippen LogP contribution >= 0.6 is 0 Å². The fourth-order valence-electron chi connectivity index (χ4n) is 5.99. The summed E-state index contributed by atoms with van der Waals surface area (Å²) in [6, 6.07) is 28.3. The predicted octanol–water partition coefficient (Wildman–Crippen LogP) is 10.1. The number of hydrogen-bond acceptors (Lipinski definition) is 4. The van der Waals surface area contributed by atoms with Gasteiger partial charge in [-0.1, -0.05) is 87.0 Å². The molecule has 1 aliphatic carbocycles. The number of benzene rings is 2. The van der Waals surface area contributed by atoms with Crippen LogP contribution in [0.4, 0.5) is 0 Å². The number of hydrogen-bond donors (Lipinski definition) is 0. The largest absolute Gasteiger partial charge is 0.486 e. The molecule has 45 heavy (non-hydrogen) atoms. The molecule has 7 rings (SSSR count). The molecule has 2 aromatic carbocycles. The molecule has 0 spiro atoms. The minimum absolute atomic E-state index is 0. The molecule has 0 aliphatic heterocycles. The van der Waals surface area contributed by atoms with Crippen LogP contribution < -0.4 is 5.19 Å². The quantitative estimate of drug-likeness (QED) is 0.129. The van der Waals surface area contributed by atoms with Gasteiger partial charge in [0.2, 0.25) is 5.71 Å². The van der Waals surface area contributed by atoms with Gasteiger partial charge in [-0.05, 0) is 59.4 Å². The molecule has 1 radical (unpaired) electrons. The molecule has 0 saturated heterocycles. The van der Waals surface area contributed by atoms with E-state index in [1.807, 2.05) is 86.9 Å². The van der Waals surface area contributed by atoms with Crippen LogP contribution in [0.2, 0.25) is 19.6 Å². The molecule has 6 heteroatoms. The Kier molecular flexibility index (Phi) is 9.62. The summed E-state index contributed by atoms with van der Waals surface area (Å²) in [4.78, 5) is 13.5. The van der Waals surface area contributed by atoms with Crippen LogP contribution in [0.3, 0.4) is 0 Å². The fourth-order valence-corrected chi connectivity index (χ4v) is 7.57. The molecule has 1 fully saturated rings. The summed E-state index contributed by atoms with van der Waals surface area (Å²) in [5, 5.41) is 3.29. The monoisotopic (exact) mass is 790 g/mol. The van der Waals surface area contributed by atoms with Crippen LogP contribution in [0.5, 0.6) is 0 Å². The molecule has 233 valence electrons. The van der Waals surface area contributed by atoms with E-state index in [4.69, 9.17) is 7.16 Å². The van der Waals surface area contributed by atoms with Crippen molar-refractivity contribution in [3.05, 3.63) is 109 Å². The molecule has 4 heterocycles. The van der Waals surface area contributed by atoms with Gasteiger partial charge in [-0.25, -0.2) is 4.98 Å². The van der Waals surface area contributed by atoms with E-state index in [2.05, 4.69) is 52.8 Å². The number of rotatable bonds is 5. The Morgan fingerprint density at radius 3 is 2.42 bits per heavy atom. The SMILES string of the molecule is [2H]C(C)(C)c1cc(-c2[c-]cccc2)ncc1[Si](C)(C)C.[2H]C1(c2ccnc(-c3[c-]ccc4c3oc3ncccc34)c2)CCCCC1.[Ir]. The summed E-state index contributed by atoms with van der Waals surface area (Å²) in [7, 11) is -1.50. The van der Waals surface area contributed by atoms with Gasteiger partial charge in [-0.15, -0.1) is 54.1 Å². The van der Waals surface area contributed by atoms with E-state index in [0.29, 0.717) is 5.71 Å². The van der Waals surface area contributed by atoms with Gasteiger partial charge in [0.25, 0.3) is 0 Å². The van der Waals surface area contributed by atoms with Crippen LogP contribution in [0.15, 0.2) is 89.7 Å². The zero-order chi connectivity index (χ0) is 32.5. The van der Waals surface area contributed by atoms with Crippen LogP contribution in [-0.4, -0.2) is 23.0 Å². The summed E-state index contributed by atoms with van der Waals surface area (Å²) in [6.45, 7) is 10.8. The van der Waals surface area contributed by atoms with Gasteiger partial charge in [-0.3, -0.25) is 0 Å².